The fourth-order valence-electron chi connectivity index (χ4n) is 2.95. The molecule has 1 saturated heterocycles. The summed E-state index contributed by atoms with van der Waals surface area (Å²) in [5, 5.41) is 0. The smallest absolute Gasteiger partial charge is 0.410 e. The van der Waals surface area contributed by atoms with Gasteiger partial charge in [-0.25, -0.2) is 4.79 Å². The Morgan fingerprint density at radius 1 is 1.35 bits per heavy atom. The SMILES string of the molecule is CC(c1ccccn1)N1CCC(N(C)C(=O)OC(C)(C)C)CC1. The molecular formula is C18H29N3O2. The minimum absolute atomic E-state index is 0.228. The van der Waals surface area contributed by atoms with E-state index in [1.54, 1.807) is 4.90 Å². The van der Waals surface area contributed by atoms with Gasteiger partial charge in [0.2, 0.25) is 0 Å². The van der Waals surface area contributed by atoms with Gasteiger partial charge in [-0.2, -0.15) is 0 Å². The van der Waals surface area contributed by atoms with Gasteiger partial charge in [-0.1, -0.05) is 6.07 Å². The maximum atomic E-state index is 12.2. The molecule has 1 unspecified atom stereocenters. The number of hydrogen-bond acceptors (Lipinski definition) is 4. The number of hydrogen-bond donors (Lipinski definition) is 0. The number of nitrogens with zero attached hydrogens (tertiary/aromatic N) is 3. The predicted molar refractivity (Wildman–Crippen MR) is 91.2 cm³/mol. The molecule has 0 bridgehead atoms. The maximum Gasteiger partial charge on any atom is 0.410 e. The first-order chi connectivity index (χ1) is 10.8. The molecular weight excluding hydrogens is 290 g/mol. The molecule has 128 valence electrons. The third kappa shape index (κ3) is 4.93. The van der Waals surface area contributed by atoms with Crippen molar-refractivity contribution in [1.82, 2.24) is 14.8 Å². The molecule has 1 aliphatic heterocycles. The minimum atomic E-state index is -0.445. The zero-order valence-electron chi connectivity index (χ0n) is 15.0. The lowest BCUT2D eigenvalue weighted by Gasteiger charge is -2.39. The Kier molecular flexibility index (Phi) is 5.63. The van der Waals surface area contributed by atoms with Crippen LogP contribution in [-0.4, -0.2) is 52.7 Å². The number of amides is 1. The van der Waals surface area contributed by atoms with Crippen LogP contribution in [0, 0.1) is 0 Å². The third-order valence-electron chi connectivity index (χ3n) is 4.39. The second-order valence-corrected chi connectivity index (χ2v) is 7.29. The van der Waals surface area contributed by atoms with Crippen molar-refractivity contribution in [3.8, 4) is 0 Å². The van der Waals surface area contributed by atoms with Crippen molar-refractivity contribution in [3.05, 3.63) is 30.1 Å². The van der Waals surface area contributed by atoms with Crippen molar-refractivity contribution in [2.75, 3.05) is 20.1 Å². The van der Waals surface area contributed by atoms with Crippen LogP contribution >= 0.6 is 0 Å². The molecule has 0 radical (unpaired) electrons. The van der Waals surface area contributed by atoms with Crippen molar-refractivity contribution in [2.24, 2.45) is 0 Å². The average Bonchev–Trinajstić information content (AvgIpc) is 2.53. The Morgan fingerprint density at radius 3 is 2.52 bits per heavy atom. The van der Waals surface area contributed by atoms with E-state index < -0.39 is 5.60 Å². The lowest BCUT2D eigenvalue weighted by atomic mass is 10.0. The zero-order valence-corrected chi connectivity index (χ0v) is 15.0. The fourth-order valence-corrected chi connectivity index (χ4v) is 2.95. The number of likely N-dealkylation sites (tertiary alicyclic amines) is 1. The highest BCUT2D eigenvalue weighted by molar-refractivity contribution is 5.68. The molecule has 1 aromatic rings. The lowest BCUT2D eigenvalue weighted by molar-refractivity contribution is 0.0132. The van der Waals surface area contributed by atoms with Gasteiger partial charge in [0.15, 0.2) is 0 Å². The first kappa shape index (κ1) is 17.7. The van der Waals surface area contributed by atoms with Crippen LogP contribution in [0.2, 0.25) is 0 Å². The monoisotopic (exact) mass is 319 g/mol. The van der Waals surface area contributed by atoms with Crippen LogP contribution in [-0.2, 0) is 4.74 Å². The summed E-state index contributed by atoms with van der Waals surface area (Å²) in [5.74, 6) is 0. The van der Waals surface area contributed by atoms with Crippen LogP contribution in [0.1, 0.15) is 52.3 Å². The predicted octanol–water partition coefficient (Wildman–Crippen LogP) is 3.47. The standard InChI is InChI=1S/C18H29N3O2/c1-14(16-8-6-7-11-19-16)21-12-9-15(10-13-21)20(5)17(22)23-18(2,3)4/h6-8,11,14-15H,9-10,12-13H2,1-5H3. The van der Waals surface area contributed by atoms with Gasteiger partial charge in [0.1, 0.15) is 5.60 Å². The topological polar surface area (TPSA) is 45.7 Å². The van der Waals surface area contributed by atoms with Crippen LogP contribution in [0.5, 0.6) is 0 Å². The molecule has 1 fully saturated rings. The summed E-state index contributed by atoms with van der Waals surface area (Å²) in [7, 11) is 1.84. The summed E-state index contributed by atoms with van der Waals surface area (Å²) in [6, 6.07) is 6.60. The number of carbonyl (C=O) groups excluding carboxylic acids is 1. The van der Waals surface area contributed by atoms with E-state index in [9.17, 15) is 4.79 Å². The van der Waals surface area contributed by atoms with E-state index in [-0.39, 0.29) is 12.1 Å². The molecule has 0 saturated carbocycles. The maximum absolute atomic E-state index is 12.2. The summed E-state index contributed by atoms with van der Waals surface area (Å²) in [6.45, 7) is 9.83. The Morgan fingerprint density at radius 2 is 2.00 bits per heavy atom. The fraction of sp³-hybridized carbons (Fsp3) is 0.667. The third-order valence-corrected chi connectivity index (χ3v) is 4.39. The van der Waals surface area contributed by atoms with Gasteiger partial charge in [0.05, 0.1) is 5.69 Å². The number of piperidine rings is 1. The van der Waals surface area contributed by atoms with Crippen LogP contribution in [0.3, 0.4) is 0 Å². The van der Waals surface area contributed by atoms with Crippen molar-refractivity contribution in [2.45, 2.75) is 58.2 Å². The molecule has 1 amide bonds. The molecule has 1 aliphatic rings. The van der Waals surface area contributed by atoms with E-state index in [0.29, 0.717) is 6.04 Å². The van der Waals surface area contributed by atoms with Crippen LogP contribution in [0.4, 0.5) is 4.79 Å². The molecule has 2 rings (SSSR count). The number of pyridine rings is 1. The molecule has 5 heteroatoms. The number of ether oxygens (including phenoxy) is 1. The van der Waals surface area contributed by atoms with Crippen LogP contribution in [0.25, 0.3) is 0 Å². The van der Waals surface area contributed by atoms with Gasteiger partial charge >= 0.3 is 6.09 Å². The largest absolute Gasteiger partial charge is 0.444 e. The molecule has 1 atom stereocenters. The van der Waals surface area contributed by atoms with Gasteiger partial charge in [-0.3, -0.25) is 9.88 Å². The Balaban J connectivity index is 1.87. The number of carbonyl (C=O) groups is 1. The van der Waals surface area contributed by atoms with Crippen LogP contribution < -0.4 is 0 Å². The molecule has 0 aliphatic carbocycles. The van der Waals surface area contributed by atoms with Crippen molar-refractivity contribution >= 4 is 6.09 Å². The van der Waals surface area contributed by atoms with E-state index in [2.05, 4.69) is 22.9 Å². The first-order valence-corrected chi connectivity index (χ1v) is 8.39. The van der Waals surface area contributed by atoms with Gasteiger partial charge in [-0.05, 0) is 52.7 Å². The summed E-state index contributed by atoms with van der Waals surface area (Å²) < 4.78 is 5.46. The molecule has 2 heterocycles. The highest BCUT2D eigenvalue weighted by Gasteiger charge is 2.30. The second-order valence-electron chi connectivity index (χ2n) is 7.29. The molecule has 0 aromatic carbocycles. The first-order valence-electron chi connectivity index (χ1n) is 8.39. The Hall–Kier alpha value is -1.62. The molecule has 1 aromatic heterocycles. The van der Waals surface area contributed by atoms with Crippen molar-refractivity contribution in [3.63, 3.8) is 0 Å². The van der Waals surface area contributed by atoms with E-state index in [1.807, 2.05) is 46.1 Å². The quantitative estimate of drug-likeness (QED) is 0.856. The molecule has 5 nitrogen and oxygen atoms in total. The highest BCUT2D eigenvalue weighted by Crippen LogP contribution is 2.25. The van der Waals surface area contributed by atoms with Gasteiger partial charge in [0, 0.05) is 38.4 Å². The van der Waals surface area contributed by atoms with Gasteiger partial charge in [-0.15, -0.1) is 0 Å². The van der Waals surface area contributed by atoms with E-state index in [0.717, 1.165) is 31.6 Å². The number of rotatable bonds is 3. The summed E-state index contributed by atoms with van der Waals surface area (Å²) in [4.78, 5) is 20.8. The van der Waals surface area contributed by atoms with E-state index in [4.69, 9.17) is 4.74 Å². The average molecular weight is 319 g/mol. The van der Waals surface area contributed by atoms with E-state index in [1.165, 1.54) is 0 Å². The zero-order chi connectivity index (χ0) is 17.0. The Bertz CT molecular complexity index is 505. The summed E-state index contributed by atoms with van der Waals surface area (Å²) >= 11 is 0. The normalized spacial score (nSPS) is 18.5. The second kappa shape index (κ2) is 7.30. The number of aromatic nitrogens is 1. The molecule has 23 heavy (non-hydrogen) atoms. The van der Waals surface area contributed by atoms with Crippen molar-refractivity contribution in [1.29, 1.82) is 0 Å². The minimum Gasteiger partial charge on any atom is -0.444 e. The van der Waals surface area contributed by atoms with Gasteiger partial charge < -0.3 is 9.64 Å². The summed E-state index contributed by atoms with van der Waals surface area (Å²) in [6.07, 6.45) is 3.54. The Labute approximate surface area is 139 Å². The molecule has 0 N–H and O–H groups in total. The van der Waals surface area contributed by atoms with Gasteiger partial charge in [0.25, 0.3) is 0 Å². The highest BCUT2D eigenvalue weighted by atomic mass is 16.6. The lowest BCUT2D eigenvalue weighted by Crippen LogP contribution is -2.47. The van der Waals surface area contributed by atoms with Crippen molar-refractivity contribution < 1.29 is 9.53 Å². The van der Waals surface area contributed by atoms with Crippen LogP contribution in [0.15, 0.2) is 24.4 Å². The van der Waals surface area contributed by atoms with E-state index >= 15 is 0 Å². The summed E-state index contributed by atoms with van der Waals surface area (Å²) in [5.41, 5.74) is 0.658. The molecule has 0 spiro atoms.